The average molecular weight is 273 g/mol. The van der Waals surface area contributed by atoms with Crippen LogP contribution in [0.5, 0.6) is 0 Å². The fourth-order valence-corrected chi connectivity index (χ4v) is 4.06. The first-order valence-corrected chi connectivity index (χ1v) is 7.61. The van der Waals surface area contributed by atoms with Gasteiger partial charge in [-0.25, -0.2) is 0 Å². The summed E-state index contributed by atoms with van der Waals surface area (Å²) in [5.74, 6) is 0.473. The summed E-state index contributed by atoms with van der Waals surface area (Å²) in [5.41, 5.74) is 2.52. The first kappa shape index (κ1) is 13.6. The van der Waals surface area contributed by atoms with Crippen LogP contribution in [0.4, 0.5) is 0 Å². The predicted molar refractivity (Wildman–Crippen MR) is 78.2 cm³/mol. The average Bonchev–Trinajstić information content (AvgIpc) is 2.96. The van der Waals surface area contributed by atoms with Crippen LogP contribution in [0, 0.1) is 5.92 Å². The third-order valence-corrected chi connectivity index (χ3v) is 5.10. The van der Waals surface area contributed by atoms with Crippen molar-refractivity contribution < 1.29 is 9.90 Å². The molecule has 3 rings (SSSR count). The highest BCUT2D eigenvalue weighted by molar-refractivity contribution is 5.81. The van der Waals surface area contributed by atoms with Gasteiger partial charge in [0, 0.05) is 6.42 Å². The van der Waals surface area contributed by atoms with Crippen LogP contribution in [0.2, 0.25) is 0 Å². The van der Waals surface area contributed by atoms with Gasteiger partial charge in [-0.05, 0) is 36.3 Å². The lowest BCUT2D eigenvalue weighted by Crippen LogP contribution is -2.52. The van der Waals surface area contributed by atoms with Crippen molar-refractivity contribution in [3.8, 4) is 0 Å². The van der Waals surface area contributed by atoms with Gasteiger partial charge in [-0.3, -0.25) is 4.79 Å². The lowest BCUT2D eigenvalue weighted by molar-refractivity contribution is -0.137. The molecule has 3 nitrogen and oxygen atoms in total. The van der Waals surface area contributed by atoms with Gasteiger partial charge in [0.1, 0.15) is 0 Å². The first-order valence-electron chi connectivity index (χ1n) is 7.61. The molecule has 1 aromatic rings. The summed E-state index contributed by atoms with van der Waals surface area (Å²) in [6.07, 6.45) is 3.54. The molecule has 1 aliphatic heterocycles. The van der Waals surface area contributed by atoms with Crippen molar-refractivity contribution in [3.05, 3.63) is 35.4 Å². The molecule has 0 bridgehead atoms. The largest absolute Gasteiger partial charge is 0.394 e. The minimum Gasteiger partial charge on any atom is -0.394 e. The Morgan fingerprint density at radius 3 is 2.65 bits per heavy atom. The Hall–Kier alpha value is -1.35. The molecule has 1 saturated heterocycles. The summed E-state index contributed by atoms with van der Waals surface area (Å²) in [6, 6.07) is 8.41. The Bertz CT molecular complexity index is 525. The van der Waals surface area contributed by atoms with E-state index in [2.05, 4.69) is 38.1 Å². The van der Waals surface area contributed by atoms with Crippen LogP contribution in [0.25, 0.3) is 0 Å². The van der Waals surface area contributed by atoms with Crippen molar-refractivity contribution in [2.24, 2.45) is 5.92 Å². The normalized spacial score (nSPS) is 26.6. The molecule has 1 amide bonds. The van der Waals surface area contributed by atoms with Crippen LogP contribution in [-0.4, -0.2) is 28.6 Å². The van der Waals surface area contributed by atoms with Crippen molar-refractivity contribution in [1.82, 2.24) is 4.90 Å². The summed E-state index contributed by atoms with van der Waals surface area (Å²) in [7, 11) is 0. The zero-order valence-corrected chi connectivity index (χ0v) is 12.3. The fraction of sp³-hybridized carbons (Fsp3) is 0.588. The summed E-state index contributed by atoms with van der Waals surface area (Å²) >= 11 is 0. The second kappa shape index (κ2) is 4.88. The maximum atomic E-state index is 12.5. The number of aryl methyl sites for hydroxylation is 1. The number of rotatable bonds is 3. The van der Waals surface area contributed by atoms with Gasteiger partial charge in [0.2, 0.25) is 5.91 Å². The van der Waals surface area contributed by atoms with Gasteiger partial charge in [-0.2, -0.15) is 0 Å². The Balaban J connectivity index is 2.07. The van der Waals surface area contributed by atoms with Gasteiger partial charge in [-0.1, -0.05) is 38.1 Å². The molecule has 20 heavy (non-hydrogen) atoms. The van der Waals surface area contributed by atoms with Crippen molar-refractivity contribution >= 4 is 5.91 Å². The molecule has 1 spiro atoms. The SMILES string of the molecule is CC(C)C(CO)N1C(=O)CCC12CCc1ccccc12. The van der Waals surface area contributed by atoms with Crippen LogP contribution >= 0.6 is 0 Å². The number of nitrogens with zero attached hydrogens (tertiary/aromatic N) is 1. The topological polar surface area (TPSA) is 40.5 Å². The molecule has 0 saturated carbocycles. The number of aliphatic hydroxyl groups is 1. The molecule has 1 fully saturated rings. The molecule has 2 aliphatic rings. The monoisotopic (exact) mass is 273 g/mol. The number of hydrogen-bond acceptors (Lipinski definition) is 2. The zero-order chi connectivity index (χ0) is 14.3. The third kappa shape index (κ3) is 1.80. The van der Waals surface area contributed by atoms with E-state index >= 15 is 0 Å². The molecule has 0 aromatic heterocycles. The number of carbonyl (C=O) groups is 1. The molecule has 1 aromatic carbocycles. The van der Waals surface area contributed by atoms with Crippen molar-refractivity contribution in [1.29, 1.82) is 0 Å². The smallest absolute Gasteiger partial charge is 0.223 e. The van der Waals surface area contributed by atoms with Crippen LogP contribution in [0.15, 0.2) is 24.3 Å². The van der Waals surface area contributed by atoms with Crippen molar-refractivity contribution in [2.75, 3.05) is 6.61 Å². The van der Waals surface area contributed by atoms with E-state index < -0.39 is 0 Å². The standard InChI is InChI=1S/C17H23NO2/c1-12(2)15(11-19)18-16(20)8-10-17(18)9-7-13-5-3-4-6-14(13)17/h3-6,12,15,19H,7-11H2,1-2H3. The van der Waals surface area contributed by atoms with Crippen LogP contribution in [0.1, 0.15) is 44.2 Å². The molecular formula is C17H23NO2. The van der Waals surface area contributed by atoms with E-state index in [0.29, 0.717) is 6.42 Å². The molecular weight excluding hydrogens is 250 g/mol. The molecule has 108 valence electrons. The van der Waals surface area contributed by atoms with Crippen molar-refractivity contribution in [2.45, 2.75) is 51.1 Å². The van der Waals surface area contributed by atoms with Gasteiger partial charge in [0.15, 0.2) is 0 Å². The van der Waals surface area contributed by atoms with Gasteiger partial charge >= 0.3 is 0 Å². The summed E-state index contributed by atoms with van der Waals surface area (Å²) in [5, 5.41) is 9.77. The van der Waals surface area contributed by atoms with E-state index in [4.69, 9.17) is 0 Å². The lowest BCUT2D eigenvalue weighted by Gasteiger charge is -2.42. The van der Waals surface area contributed by atoms with Gasteiger partial charge < -0.3 is 10.0 Å². The molecule has 2 atom stereocenters. The number of fused-ring (bicyclic) bond motifs is 2. The number of aliphatic hydroxyl groups excluding tert-OH is 1. The zero-order valence-electron chi connectivity index (χ0n) is 12.3. The lowest BCUT2D eigenvalue weighted by atomic mass is 9.86. The first-order chi connectivity index (χ1) is 9.60. The van der Waals surface area contributed by atoms with Gasteiger partial charge in [0.05, 0.1) is 18.2 Å². The third-order valence-electron chi connectivity index (χ3n) is 5.10. The number of hydrogen-bond donors (Lipinski definition) is 1. The van der Waals surface area contributed by atoms with E-state index in [0.717, 1.165) is 19.3 Å². The van der Waals surface area contributed by atoms with E-state index in [1.54, 1.807) is 0 Å². The molecule has 1 aliphatic carbocycles. The molecule has 2 unspecified atom stereocenters. The second-order valence-corrected chi connectivity index (χ2v) is 6.45. The quantitative estimate of drug-likeness (QED) is 0.919. The van der Waals surface area contributed by atoms with E-state index in [9.17, 15) is 9.90 Å². The maximum Gasteiger partial charge on any atom is 0.223 e. The fourth-order valence-electron chi connectivity index (χ4n) is 4.06. The summed E-state index contributed by atoms with van der Waals surface area (Å²) in [4.78, 5) is 14.5. The Kier molecular flexibility index (Phi) is 3.33. The number of benzene rings is 1. The highest BCUT2D eigenvalue weighted by Crippen LogP contribution is 2.50. The Morgan fingerprint density at radius 1 is 1.25 bits per heavy atom. The van der Waals surface area contributed by atoms with Crippen LogP contribution in [0.3, 0.4) is 0 Å². The Labute approximate surface area is 120 Å². The Morgan fingerprint density at radius 2 is 1.95 bits per heavy atom. The molecule has 0 radical (unpaired) electrons. The molecule has 3 heteroatoms. The molecule has 1 heterocycles. The summed E-state index contributed by atoms with van der Waals surface area (Å²) in [6.45, 7) is 4.22. The minimum absolute atomic E-state index is 0.0489. The summed E-state index contributed by atoms with van der Waals surface area (Å²) < 4.78 is 0. The highest BCUT2D eigenvalue weighted by atomic mass is 16.3. The highest BCUT2D eigenvalue weighted by Gasteiger charge is 2.52. The predicted octanol–water partition coefficient (Wildman–Crippen LogP) is 2.47. The van der Waals surface area contributed by atoms with E-state index in [-0.39, 0.29) is 30.0 Å². The van der Waals surface area contributed by atoms with E-state index in [1.807, 2.05) is 4.90 Å². The number of likely N-dealkylation sites (tertiary alicyclic amines) is 1. The maximum absolute atomic E-state index is 12.5. The van der Waals surface area contributed by atoms with Crippen LogP contribution < -0.4 is 0 Å². The molecule has 1 N–H and O–H groups in total. The van der Waals surface area contributed by atoms with Crippen molar-refractivity contribution in [3.63, 3.8) is 0 Å². The van der Waals surface area contributed by atoms with Gasteiger partial charge in [0.25, 0.3) is 0 Å². The number of carbonyl (C=O) groups excluding carboxylic acids is 1. The van der Waals surface area contributed by atoms with Gasteiger partial charge in [-0.15, -0.1) is 0 Å². The second-order valence-electron chi connectivity index (χ2n) is 6.45. The van der Waals surface area contributed by atoms with Crippen LogP contribution in [-0.2, 0) is 16.8 Å². The number of amides is 1. The minimum atomic E-state index is -0.161. The van der Waals surface area contributed by atoms with E-state index in [1.165, 1.54) is 11.1 Å².